The van der Waals surface area contributed by atoms with E-state index in [1.807, 2.05) is 30.3 Å². The molecule has 0 spiro atoms. The molecule has 1 N–H and O–H groups in total. The second kappa shape index (κ2) is 5.17. The highest BCUT2D eigenvalue weighted by Crippen LogP contribution is 2.19. The zero-order valence-electron chi connectivity index (χ0n) is 11.0. The first kappa shape index (κ1) is 13.0. The van der Waals surface area contributed by atoms with E-state index < -0.39 is 5.97 Å². The molecule has 0 saturated heterocycles. The molecule has 3 aromatic rings. The highest BCUT2D eigenvalue weighted by Gasteiger charge is 2.14. The van der Waals surface area contributed by atoms with Gasteiger partial charge in [0.2, 0.25) is 5.78 Å². The Hall–Kier alpha value is -3.01. The maximum Gasteiger partial charge on any atom is 0.335 e. The number of hydrogen-bond acceptors (Lipinski definition) is 3. The van der Waals surface area contributed by atoms with Crippen molar-refractivity contribution in [2.75, 3.05) is 0 Å². The molecule has 0 atom stereocenters. The van der Waals surface area contributed by atoms with Gasteiger partial charge in [-0.25, -0.2) is 4.79 Å². The molecule has 0 radical (unpaired) electrons. The van der Waals surface area contributed by atoms with Gasteiger partial charge < -0.3 is 5.11 Å². The molecule has 21 heavy (non-hydrogen) atoms. The summed E-state index contributed by atoms with van der Waals surface area (Å²) in [6.45, 7) is 0. The van der Waals surface area contributed by atoms with E-state index in [1.54, 1.807) is 6.20 Å². The van der Waals surface area contributed by atoms with Crippen molar-refractivity contribution < 1.29 is 14.7 Å². The second-order valence-corrected chi connectivity index (χ2v) is 4.59. The number of carbonyl (C=O) groups is 2. The number of fused-ring (bicyclic) bond motifs is 1. The van der Waals surface area contributed by atoms with Crippen LogP contribution >= 0.6 is 0 Å². The van der Waals surface area contributed by atoms with Crippen molar-refractivity contribution in [3.63, 3.8) is 0 Å². The Morgan fingerprint density at radius 2 is 1.52 bits per heavy atom. The lowest BCUT2D eigenvalue weighted by Gasteiger charge is -2.05. The van der Waals surface area contributed by atoms with Crippen LogP contribution in [-0.4, -0.2) is 21.8 Å². The Bertz CT molecular complexity index is 833. The van der Waals surface area contributed by atoms with Crippen molar-refractivity contribution in [3.8, 4) is 0 Å². The number of ketones is 1. The van der Waals surface area contributed by atoms with Gasteiger partial charge >= 0.3 is 5.97 Å². The van der Waals surface area contributed by atoms with E-state index >= 15 is 0 Å². The number of carboxylic acids is 1. The van der Waals surface area contributed by atoms with Crippen molar-refractivity contribution in [1.82, 2.24) is 4.98 Å². The molecule has 0 aliphatic rings. The van der Waals surface area contributed by atoms with Gasteiger partial charge in [0.05, 0.1) is 5.56 Å². The van der Waals surface area contributed by atoms with Crippen LogP contribution < -0.4 is 0 Å². The zero-order chi connectivity index (χ0) is 14.8. The largest absolute Gasteiger partial charge is 0.478 e. The average Bonchev–Trinajstić information content (AvgIpc) is 2.53. The molecule has 102 valence electrons. The molecular weight excluding hydrogens is 266 g/mol. The van der Waals surface area contributed by atoms with Crippen molar-refractivity contribution in [2.45, 2.75) is 0 Å². The van der Waals surface area contributed by atoms with Gasteiger partial charge in [0.25, 0.3) is 0 Å². The number of rotatable bonds is 3. The molecule has 0 unspecified atom stereocenters. The molecule has 0 aliphatic carbocycles. The number of nitrogens with zero attached hydrogens (tertiary/aromatic N) is 1. The Balaban J connectivity index is 2.06. The summed E-state index contributed by atoms with van der Waals surface area (Å²) in [5.74, 6) is -1.24. The third kappa shape index (κ3) is 2.39. The molecule has 4 heteroatoms. The fraction of sp³-hybridized carbons (Fsp3) is 0. The predicted octanol–water partition coefficient (Wildman–Crippen LogP) is 3.16. The van der Waals surface area contributed by atoms with Gasteiger partial charge in [0, 0.05) is 17.1 Å². The van der Waals surface area contributed by atoms with Crippen molar-refractivity contribution in [1.29, 1.82) is 0 Å². The van der Waals surface area contributed by atoms with Crippen molar-refractivity contribution in [3.05, 3.63) is 77.6 Å². The highest BCUT2D eigenvalue weighted by molar-refractivity contribution is 6.15. The second-order valence-electron chi connectivity index (χ2n) is 4.59. The van der Waals surface area contributed by atoms with Crippen molar-refractivity contribution in [2.24, 2.45) is 0 Å². The van der Waals surface area contributed by atoms with Gasteiger partial charge in [-0.15, -0.1) is 0 Å². The minimum absolute atomic E-state index is 0.150. The molecule has 0 saturated carbocycles. The summed E-state index contributed by atoms with van der Waals surface area (Å²) in [6.07, 6.45) is 1.60. The third-order valence-corrected chi connectivity index (χ3v) is 3.28. The van der Waals surface area contributed by atoms with Gasteiger partial charge in [0.1, 0.15) is 5.69 Å². The molecule has 1 heterocycles. The van der Waals surface area contributed by atoms with Gasteiger partial charge in [-0.05, 0) is 23.6 Å². The lowest BCUT2D eigenvalue weighted by atomic mass is 10.0. The van der Waals surface area contributed by atoms with Gasteiger partial charge in [0.15, 0.2) is 0 Å². The predicted molar refractivity (Wildman–Crippen MR) is 78.6 cm³/mol. The van der Waals surface area contributed by atoms with Crippen LogP contribution in [0.2, 0.25) is 0 Å². The lowest BCUT2D eigenvalue weighted by Crippen LogP contribution is -2.05. The highest BCUT2D eigenvalue weighted by atomic mass is 16.4. The van der Waals surface area contributed by atoms with Crippen LogP contribution in [0.3, 0.4) is 0 Å². The van der Waals surface area contributed by atoms with Crippen LogP contribution in [-0.2, 0) is 0 Å². The molecule has 0 fully saturated rings. The maximum atomic E-state index is 12.5. The lowest BCUT2D eigenvalue weighted by molar-refractivity contribution is 0.0696. The number of carboxylic acid groups (broad SMARTS) is 1. The van der Waals surface area contributed by atoms with Crippen LogP contribution in [0, 0.1) is 0 Å². The topological polar surface area (TPSA) is 67.3 Å². The number of carbonyl (C=O) groups excluding carboxylic acids is 1. The summed E-state index contributed by atoms with van der Waals surface area (Å²) in [5, 5.41) is 10.6. The SMILES string of the molecule is O=C(O)c1ccc(C(=O)c2nccc3ccccc23)cc1. The normalized spacial score (nSPS) is 10.5. The molecular formula is C17H11NO3. The van der Waals surface area contributed by atoms with E-state index in [0.29, 0.717) is 11.3 Å². The summed E-state index contributed by atoms with van der Waals surface area (Å²) in [6, 6.07) is 15.2. The van der Waals surface area contributed by atoms with E-state index in [2.05, 4.69) is 4.98 Å². The van der Waals surface area contributed by atoms with Crippen LogP contribution in [0.4, 0.5) is 0 Å². The van der Waals surface area contributed by atoms with E-state index in [-0.39, 0.29) is 11.3 Å². The van der Waals surface area contributed by atoms with E-state index in [9.17, 15) is 9.59 Å². The zero-order valence-corrected chi connectivity index (χ0v) is 11.0. The van der Waals surface area contributed by atoms with E-state index in [4.69, 9.17) is 5.11 Å². The van der Waals surface area contributed by atoms with Gasteiger partial charge in [-0.2, -0.15) is 0 Å². The molecule has 1 aromatic heterocycles. The number of aromatic nitrogens is 1. The number of benzene rings is 2. The molecule has 0 bridgehead atoms. The molecule has 0 aliphatic heterocycles. The van der Waals surface area contributed by atoms with Gasteiger partial charge in [-0.3, -0.25) is 9.78 Å². The molecule has 4 nitrogen and oxygen atoms in total. The molecule has 0 amide bonds. The summed E-state index contributed by atoms with van der Waals surface area (Å²) in [7, 11) is 0. The fourth-order valence-electron chi connectivity index (χ4n) is 2.20. The fourth-order valence-corrected chi connectivity index (χ4v) is 2.20. The minimum Gasteiger partial charge on any atom is -0.478 e. The van der Waals surface area contributed by atoms with Crippen molar-refractivity contribution >= 4 is 22.5 Å². The first-order chi connectivity index (χ1) is 10.2. The summed E-state index contributed by atoms with van der Waals surface area (Å²) >= 11 is 0. The minimum atomic E-state index is -1.02. The number of pyridine rings is 1. The average molecular weight is 277 g/mol. The number of aromatic carboxylic acids is 1. The monoisotopic (exact) mass is 277 g/mol. The smallest absolute Gasteiger partial charge is 0.335 e. The van der Waals surface area contributed by atoms with E-state index in [0.717, 1.165) is 10.8 Å². The summed E-state index contributed by atoms with van der Waals surface area (Å²) < 4.78 is 0. The standard InChI is InChI=1S/C17H11NO3/c19-16(12-5-7-13(8-6-12)17(20)21)15-14-4-2-1-3-11(14)9-10-18-15/h1-10H,(H,20,21). The first-order valence-corrected chi connectivity index (χ1v) is 6.38. The summed E-state index contributed by atoms with van der Waals surface area (Å²) in [4.78, 5) is 27.5. The Labute approximate surface area is 120 Å². The third-order valence-electron chi connectivity index (χ3n) is 3.28. The Morgan fingerprint density at radius 3 is 2.24 bits per heavy atom. The Kier molecular flexibility index (Phi) is 3.20. The molecule has 3 rings (SSSR count). The summed E-state index contributed by atoms with van der Waals surface area (Å²) in [5.41, 5.74) is 0.942. The quantitative estimate of drug-likeness (QED) is 0.747. The van der Waals surface area contributed by atoms with Crippen LogP contribution in [0.1, 0.15) is 26.4 Å². The number of hydrogen-bond donors (Lipinski definition) is 1. The van der Waals surface area contributed by atoms with Crippen LogP contribution in [0.25, 0.3) is 10.8 Å². The van der Waals surface area contributed by atoms with Crippen LogP contribution in [0.15, 0.2) is 60.8 Å². The first-order valence-electron chi connectivity index (χ1n) is 6.38. The van der Waals surface area contributed by atoms with Crippen LogP contribution in [0.5, 0.6) is 0 Å². The maximum absolute atomic E-state index is 12.5. The van der Waals surface area contributed by atoms with E-state index in [1.165, 1.54) is 24.3 Å². The molecule has 2 aromatic carbocycles. The Morgan fingerprint density at radius 1 is 0.857 bits per heavy atom. The van der Waals surface area contributed by atoms with Gasteiger partial charge in [-0.1, -0.05) is 36.4 Å².